The molecule has 5 rings (SSSR count). The van der Waals surface area contributed by atoms with E-state index in [9.17, 15) is 9.18 Å². The highest BCUT2D eigenvalue weighted by Crippen LogP contribution is 2.33. The molecule has 2 aromatic carbocycles. The maximum Gasteiger partial charge on any atom is 0.315 e. The summed E-state index contributed by atoms with van der Waals surface area (Å²) >= 11 is 7.90. The molecule has 0 spiro atoms. The van der Waals surface area contributed by atoms with Crippen molar-refractivity contribution in [1.82, 2.24) is 20.6 Å². The average Bonchev–Trinajstić information content (AvgIpc) is 3.56. The molecule has 0 radical (unpaired) electrons. The molecule has 4 aromatic rings. The van der Waals surface area contributed by atoms with Gasteiger partial charge in [0.05, 0.1) is 26.7 Å². The van der Waals surface area contributed by atoms with Gasteiger partial charge in [0.25, 0.3) is 0 Å². The van der Waals surface area contributed by atoms with Crippen LogP contribution in [0.3, 0.4) is 0 Å². The van der Waals surface area contributed by atoms with Gasteiger partial charge in [-0.2, -0.15) is 0 Å². The zero-order chi connectivity index (χ0) is 26.3. The number of halogens is 2. The van der Waals surface area contributed by atoms with Crippen LogP contribution in [0, 0.1) is 17.7 Å². The lowest BCUT2D eigenvalue weighted by atomic mass is 10.2. The molecule has 1 aliphatic rings. The summed E-state index contributed by atoms with van der Waals surface area (Å²) in [6, 6.07) is 13.6. The summed E-state index contributed by atoms with van der Waals surface area (Å²) in [4.78, 5) is 21.5. The Kier molecular flexibility index (Phi) is 8.22. The molecule has 2 heterocycles. The van der Waals surface area contributed by atoms with Crippen LogP contribution in [0.5, 0.6) is 5.75 Å². The van der Waals surface area contributed by atoms with Gasteiger partial charge in [-0.15, -0.1) is 11.3 Å². The van der Waals surface area contributed by atoms with E-state index in [4.69, 9.17) is 16.3 Å². The summed E-state index contributed by atoms with van der Waals surface area (Å²) in [7, 11) is 0. The fourth-order valence-corrected chi connectivity index (χ4v) is 5.35. The van der Waals surface area contributed by atoms with Crippen molar-refractivity contribution in [1.29, 1.82) is 0 Å². The Morgan fingerprint density at radius 2 is 2.03 bits per heavy atom. The van der Waals surface area contributed by atoms with Crippen molar-refractivity contribution in [3.63, 3.8) is 0 Å². The zero-order valence-electron chi connectivity index (χ0n) is 20.4. The van der Waals surface area contributed by atoms with Crippen LogP contribution in [0.15, 0.2) is 54.9 Å². The molecule has 0 aliphatic heterocycles. The lowest BCUT2D eigenvalue weighted by Gasteiger charge is -2.11. The van der Waals surface area contributed by atoms with Crippen LogP contribution in [0.4, 0.5) is 20.7 Å². The number of amides is 2. The third kappa shape index (κ3) is 6.71. The van der Waals surface area contributed by atoms with E-state index in [0.717, 1.165) is 33.6 Å². The molecule has 1 fully saturated rings. The highest BCUT2D eigenvalue weighted by molar-refractivity contribution is 7.20. The molecule has 0 atom stereocenters. The van der Waals surface area contributed by atoms with Crippen LogP contribution in [0.2, 0.25) is 5.02 Å². The minimum Gasteiger partial charge on any atom is -0.487 e. The van der Waals surface area contributed by atoms with Crippen molar-refractivity contribution in [2.45, 2.75) is 38.3 Å². The largest absolute Gasteiger partial charge is 0.487 e. The van der Waals surface area contributed by atoms with Gasteiger partial charge in [0.1, 0.15) is 24.5 Å². The maximum atomic E-state index is 13.4. The number of rotatable bonds is 7. The number of benzene rings is 2. The topological polar surface area (TPSA) is 88.2 Å². The highest BCUT2D eigenvalue weighted by Gasteiger charge is 2.16. The Labute approximate surface area is 228 Å². The van der Waals surface area contributed by atoms with Crippen LogP contribution in [0.1, 0.15) is 36.1 Å². The molecule has 38 heavy (non-hydrogen) atoms. The van der Waals surface area contributed by atoms with E-state index in [-0.39, 0.29) is 31.0 Å². The number of nitrogens with one attached hydrogen (secondary N) is 3. The van der Waals surface area contributed by atoms with E-state index >= 15 is 0 Å². The standard InChI is InChI=1S/C28H25ClFN5O2S/c29-23-14-21(10-11-25(23)37-16-18-5-3-6-19(30)13-18)34-27-26-24(32-17-33-27)15-22(38-26)9-4-12-31-28(36)35-20-7-1-2-8-20/h3,5-6,10-11,13-15,17,20H,1-2,7-8,12,16H2,(H2,31,35,36)(H,32,33,34). The second-order valence-corrected chi connectivity index (χ2v) is 10.3. The molecule has 7 nitrogen and oxygen atoms in total. The quantitative estimate of drug-likeness (QED) is 0.232. The summed E-state index contributed by atoms with van der Waals surface area (Å²) in [5.41, 5.74) is 2.21. The van der Waals surface area contributed by atoms with Gasteiger partial charge < -0.3 is 20.7 Å². The number of carbonyl (C=O) groups is 1. The fourth-order valence-electron chi connectivity index (χ4n) is 4.19. The van der Waals surface area contributed by atoms with Gasteiger partial charge in [0.15, 0.2) is 5.82 Å². The molecule has 194 valence electrons. The smallest absolute Gasteiger partial charge is 0.315 e. The second kappa shape index (κ2) is 12.1. The van der Waals surface area contributed by atoms with Gasteiger partial charge in [-0.1, -0.05) is 48.4 Å². The lowest BCUT2D eigenvalue weighted by Crippen LogP contribution is -2.40. The molecule has 0 saturated heterocycles. The van der Waals surface area contributed by atoms with Crippen LogP contribution < -0.4 is 20.7 Å². The predicted molar refractivity (Wildman–Crippen MR) is 149 cm³/mol. The number of nitrogens with zero attached hydrogens (tertiary/aromatic N) is 2. The highest BCUT2D eigenvalue weighted by atomic mass is 35.5. The van der Waals surface area contributed by atoms with Gasteiger partial charge >= 0.3 is 6.03 Å². The van der Waals surface area contributed by atoms with Gasteiger partial charge in [0, 0.05) is 11.7 Å². The number of hydrogen-bond donors (Lipinski definition) is 3. The van der Waals surface area contributed by atoms with E-state index in [1.54, 1.807) is 24.3 Å². The van der Waals surface area contributed by atoms with E-state index in [2.05, 4.69) is 37.8 Å². The predicted octanol–water partition coefficient (Wildman–Crippen LogP) is 6.40. The first-order valence-corrected chi connectivity index (χ1v) is 13.4. The number of carbonyl (C=O) groups excluding carboxylic acids is 1. The van der Waals surface area contributed by atoms with Crippen molar-refractivity contribution in [2.75, 3.05) is 11.9 Å². The van der Waals surface area contributed by atoms with Crippen LogP contribution in [-0.4, -0.2) is 28.6 Å². The molecular weight excluding hydrogens is 525 g/mol. The van der Waals surface area contributed by atoms with Gasteiger partial charge in [-0.3, -0.25) is 0 Å². The first kappa shape index (κ1) is 25.8. The number of anilines is 2. The van der Waals surface area contributed by atoms with Gasteiger partial charge in [-0.25, -0.2) is 19.2 Å². The molecule has 0 unspecified atom stereocenters. The second-order valence-electron chi connectivity index (χ2n) is 8.85. The van der Waals surface area contributed by atoms with E-state index in [1.807, 2.05) is 12.1 Å². The first-order chi connectivity index (χ1) is 18.5. The lowest BCUT2D eigenvalue weighted by molar-refractivity contribution is 0.238. The van der Waals surface area contributed by atoms with Crippen molar-refractivity contribution in [2.24, 2.45) is 0 Å². The number of hydrogen-bond acceptors (Lipinski definition) is 6. The normalized spacial score (nSPS) is 13.1. The molecule has 1 aliphatic carbocycles. The monoisotopic (exact) mass is 549 g/mol. The van der Waals surface area contributed by atoms with E-state index in [0.29, 0.717) is 22.2 Å². The molecule has 10 heteroatoms. The number of aromatic nitrogens is 2. The molecule has 3 N–H and O–H groups in total. The summed E-state index contributed by atoms with van der Waals surface area (Å²) in [5, 5.41) is 9.47. The molecular formula is C28H25ClFN5O2S. The first-order valence-electron chi connectivity index (χ1n) is 12.2. The number of thiophene rings is 1. The third-order valence-corrected chi connectivity index (χ3v) is 7.37. The van der Waals surface area contributed by atoms with Gasteiger partial charge in [-0.05, 0) is 54.8 Å². The van der Waals surface area contributed by atoms with E-state index < -0.39 is 0 Å². The van der Waals surface area contributed by atoms with Crippen molar-refractivity contribution in [3.05, 3.63) is 76.1 Å². The molecule has 1 saturated carbocycles. The van der Waals surface area contributed by atoms with Gasteiger partial charge in [0.2, 0.25) is 0 Å². The minimum atomic E-state index is -0.311. The Balaban J connectivity index is 1.20. The van der Waals surface area contributed by atoms with Crippen molar-refractivity contribution < 1.29 is 13.9 Å². The van der Waals surface area contributed by atoms with Crippen molar-refractivity contribution >= 4 is 50.7 Å². The number of urea groups is 1. The summed E-state index contributed by atoms with van der Waals surface area (Å²) in [6.45, 7) is 0.465. The number of fused-ring (bicyclic) bond motifs is 1. The zero-order valence-corrected chi connectivity index (χ0v) is 22.0. The molecule has 0 bridgehead atoms. The Bertz CT molecular complexity index is 1510. The number of ether oxygens (including phenoxy) is 1. The summed E-state index contributed by atoms with van der Waals surface area (Å²) in [6.07, 6.45) is 5.90. The fraction of sp³-hybridized carbons (Fsp3) is 0.250. The Morgan fingerprint density at radius 1 is 1.16 bits per heavy atom. The van der Waals surface area contributed by atoms with Crippen LogP contribution >= 0.6 is 22.9 Å². The molecule has 2 aromatic heterocycles. The molecule has 2 amide bonds. The Hall–Kier alpha value is -3.87. The van der Waals surface area contributed by atoms with Crippen LogP contribution in [-0.2, 0) is 6.61 Å². The summed E-state index contributed by atoms with van der Waals surface area (Å²) < 4.78 is 20.0. The average molecular weight is 550 g/mol. The van der Waals surface area contributed by atoms with E-state index in [1.165, 1.54) is 42.6 Å². The third-order valence-electron chi connectivity index (χ3n) is 6.03. The SMILES string of the molecule is O=C(NCC#Cc1cc2ncnc(Nc3ccc(OCc4cccc(F)c4)c(Cl)c3)c2s1)NC1CCCC1. The minimum absolute atomic E-state index is 0.177. The summed E-state index contributed by atoms with van der Waals surface area (Å²) in [5.74, 6) is 6.90. The maximum absolute atomic E-state index is 13.4. The van der Waals surface area contributed by atoms with Crippen molar-refractivity contribution in [3.8, 4) is 17.6 Å². The van der Waals surface area contributed by atoms with Crippen LogP contribution in [0.25, 0.3) is 10.2 Å². The Morgan fingerprint density at radius 3 is 2.84 bits per heavy atom.